The van der Waals surface area contributed by atoms with Crippen LogP contribution in [-0.2, 0) is 27.1 Å². The second-order valence-corrected chi connectivity index (χ2v) is 12.9. The number of methoxy groups -OCH3 is 2. The number of thioether (sulfide) groups is 1. The lowest BCUT2D eigenvalue weighted by Gasteiger charge is -2.30. The molecule has 2 saturated heterocycles. The van der Waals surface area contributed by atoms with Crippen LogP contribution in [0, 0.1) is 11.7 Å². The van der Waals surface area contributed by atoms with E-state index in [9.17, 15) is 12.8 Å². The maximum absolute atomic E-state index is 14.8. The van der Waals surface area contributed by atoms with Gasteiger partial charge < -0.3 is 18.8 Å². The van der Waals surface area contributed by atoms with Gasteiger partial charge in [-0.2, -0.15) is 4.31 Å². The number of imidazole rings is 1. The number of rotatable bonds is 9. The van der Waals surface area contributed by atoms with E-state index in [0.29, 0.717) is 59.0 Å². The van der Waals surface area contributed by atoms with Gasteiger partial charge in [-0.15, -0.1) is 0 Å². The first kappa shape index (κ1) is 27.2. The van der Waals surface area contributed by atoms with Gasteiger partial charge in [0.25, 0.3) is 0 Å². The fourth-order valence-corrected chi connectivity index (χ4v) is 7.81. The molecule has 2 fully saturated rings. The van der Waals surface area contributed by atoms with Crippen LogP contribution in [0.3, 0.4) is 0 Å². The Kier molecular flexibility index (Phi) is 8.18. The molecule has 0 amide bonds. The van der Waals surface area contributed by atoms with E-state index in [2.05, 4.69) is 11.5 Å². The zero-order valence-corrected chi connectivity index (χ0v) is 23.6. The third-order valence-electron chi connectivity index (χ3n) is 7.26. The summed E-state index contributed by atoms with van der Waals surface area (Å²) in [6, 6.07) is 8.13. The molecule has 2 aromatic carbocycles. The molecular formula is C27H34FN3O5S2. The third kappa shape index (κ3) is 5.52. The SMILES string of the molecule is COc1cc(F)c(CSc2nc3cc(S(=O)(=O)N4CCCC(C)C4)ccc3n2CC2CCCO2)cc1OC. The number of piperidine rings is 1. The van der Waals surface area contributed by atoms with Crippen LogP contribution < -0.4 is 9.47 Å². The number of fused-ring (bicyclic) bond motifs is 1. The zero-order valence-electron chi connectivity index (χ0n) is 22.0. The van der Waals surface area contributed by atoms with Crippen LogP contribution >= 0.6 is 11.8 Å². The van der Waals surface area contributed by atoms with Gasteiger partial charge in [-0.25, -0.2) is 17.8 Å². The Balaban J connectivity index is 1.47. The minimum atomic E-state index is -3.61. The molecule has 8 nitrogen and oxygen atoms in total. The summed E-state index contributed by atoms with van der Waals surface area (Å²) in [7, 11) is -0.621. The average molecular weight is 564 g/mol. The molecule has 3 aromatic rings. The van der Waals surface area contributed by atoms with Crippen LogP contribution in [0.25, 0.3) is 11.0 Å². The molecule has 2 aliphatic rings. The van der Waals surface area contributed by atoms with Crippen molar-refractivity contribution < 1.29 is 27.0 Å². The fraction of sp³-hybridized carbons (Fsp3) is 0.519. The highest BCUT2D eigenvalue weighted by Crippen LogP contribution is 2.35. The lowest BCUT2D eigenvalue weighted by molar-refractivity contribution is 0.0960. The van der Waals surface area contributed by atoms with Gasteiger partial charge in [0.05, 0.1) is 42.8 Å². The molecule has 2 unspecified atom stereocenters. The highest BCUT2D eigenvalue weighted by atomic mass is 32.2. The predicted molar refractivity (Wildman–Crippen MR) is 145 cm³/mol. The van der Waals surface area contributed by atoms with Gasteiger partial charge in [0.1, 0.15) is 5.82 Å². The van der Waals surface area contributed by atoms with Crippen LogP contribution in [0.15, 0.2) is 40.4 Å². The average Bonchev–Trinajstić information content (AvgIpc) is 3.55. The second-order valence-electron chi connectivity index (χ2n) is 9.99. The summed E-state index contributed by atoms with van der Waals surface area (Å²) in [5.74, 6) is 1.06. The first-order valence-corrected chi connectivity index (χ1v) is 15.4. The number of hydrogen-bond donors (Lipinski definition) is 0. The number of benzene rings is 2. The fourth-order valence-electron chi connectivity index (χ4n) is 5.19. The minimum absolute atomic E-state index is 0.0582. The van der Waals surface area contributed by atoms with Crippen LogP contribution in [-0.4, -0.2) is 62.3 Å². The van der Waals surface area contributed by atoms with Gasteiger partial charge in [0.15, 0.2) is 16.7 Å². The van der Waals surface area contributed by atoms with Gasteiger partial charge in [0, 0.05) is 37.1 Å². The summed E-state index contributed by atoms with van der Waals surface area (Å²) in [6.07, 6.45) is 3.93. The molecule has 2 atom stereocenters. The molecular weight excluding hydrogens is 529 g/mol. The Hall–Kier alpha value is -2.34. The number of nitrogens with zero attached hydrogens (tertiary/aromatic N) is 3. The van der Waals surface area contributed by atoms with Crippen LogP contribution in [0.4, 0.5) is 4.39 Å². The Morgan fingerprint density at radius 1 is 1.13 bits per heavy atom. The van der Waals surface area contributed by atoms with Crippen molar-refractivity contribution in [3.8, 4) is 11.5 Å². The lowest BCUT2D eigenvalue weighted by Crippen LogP contribution is -2.39. The maximum atomic E-state index is 14.8. The second kappa shape index (κ2) is 11.4. The van der Waals surface area contributed by atoms with E-state index in [1.807, 2.05) is 6.07 Å². The van der Waals surface area contributed by atoms with Gasteiger partial charge in [-0.3, -0.25) is 0 Å². The van der Waals surface area contributed by atoms with Crippen molar-refractivity contribution in [2.75, 3.05) is 33.9 Å². The smallest absolute Gasteiger partial charge is 0.243 e. The molecule has 1 aromatic heterocycles. The highest BCUT2D eigenvalue weighted by Gasteiger charge is 2.29. The lowest BCUT2D eigenvalue weighted by atomic mass is 10.0. The van der Waals surface area contributed by atoms with E-state index < -0.39 is 10.0 Å². The predicted octanol–water partition coefficient (Wildman–Crippen LogP) is 5.08. The van der Waals surface area contributed by atoms with Crippen molar-refractivity contribution in [1.29, 1.82) is 0 Å². The molecule has 38 heavy (non-hydrogen) atoms. The van der Waals surface area contributed by atoms with E-state index in [1.165, 1.54) is 32.0 Å². The van der Waals surface area contributed by atoms with E-state index in [-0.39, 0.29) is 16.8 Å². The molecule has 0 N–H and O–H groups in total. The Bertz CT molecular complexity index is 1410. The van der Waals surface area contributed by atoms with Gasteiger partial charge in [-0.05, 0) is 55.9 Å². The number of ether oxygens (including phenoxy) is 3. The monoisotopic (exact) mass is 563 g/mol. The minimum Gasteiger partial charge on any atom is -0.493 e. The third-order valence-corrected chi connectivity index (χ3v) is 10.1. The number of aromatic nitrogens is 2. The first-order chi connectivity index (χ1) is 18.3. The molecule has 0 bridgehead atoms. The topological polar surface area (TPSA) is 82.9 Å². The van der Waals surface area contributed by atoms with Crippen LogP contribution in [0.1, 0.15) is 38.2 Å². The summed E-state index contributed by atoms with van der Waals surface area (Å²) in [6.45, 7) is 4.49. The van der Waals surface area contributed by atoms with Crippen LogP contribution in [0.5, 0.6) is 11.5 Å². The van der Waals surface area contributed by atoms with Crippen molar-refractivity contribution in [2.24, 2.45) is 5.92 Å². The van der Waals surface area contributed by atoms with E-state index >= 15 is 0 Å². The summed E-state index contributed by atoms with van der Waals surface area (Å²) < 4.78 is 61.7. The molecule has 0 saturated carbocycles. The van der Waals surface area contributed by atoms with Crippen molar-refractivity contribution in [3.63, 3.8) is 0 Å². The molecule has 0 spiro atoms. The molecule has 206 valence electrons. The standard InChI is InChI=1S/C27H34FN3O5S2/c1-18-6-4-10-30(15-18)38(32,33)21-8-9-24-23(13-21)29-27(31(24)16-20-7-5-11-36-20)37-17-19-12-25(34-2)26(35-3)14-22(19)28/h8-9,12-14,18,20H,4-7,10-11,15-17H2,1-3H3. The molecule has 11 heteroatoms. The van der Waals surface area contributed by atoms with E-state index in [0.717, 1.165) is 37.8 Å². The molecule has 5 rings (SSSR count). The first-order valence-electron chi connectivity index (χ1n) is 13.0. The molecule has 3 heterocycles. The summed E-state index contributed by atoms with van der Waals surface area (Å²) in [5.41, 5.74) is 1.90. The molecule has 0 radical (unpaired) electrons. The van der Waals surface area contributed by atoms with Crippen molar-refractivity contribution in [2.45, 2.75) is 61.1 Å². The molecule has 2 aliphatic heterocycles. The number of halogens is 1. The van der Waals surface area contributed by atoms with Gasteiger partial charge in [0.2, 0.25) is 10.0 Å². The summed E-state index contributed by atoms with van der Waals surface area (Å²) in [5, 5.41) is 0.686. The Morgan fingerprint density at radius 2 is 1.92 bits per heavy atom. The van der Waals surface area contributed by atoms with Crippen molar-refractivity contribution in [1.82, 2.24) is 13.9 Å². The molecule has 0 aliphatic carbocycles. The summed E-state index contributed by atoms with van der Waals surface area (Å²) in [4.78, 5) is 5.07. The van der Waals surface area contributed by atoms with Gasteiger partial charge in [-0.1, -0.05) is 18.7 Å². The number of hydrogen-bond acceptors (Lipinski definition) is 7. The van der Waals surface area contributed by atoms with E-state index in [4.69, 9.17) is 19.2 Å². The zero-order chi connectivity index (χ0) is 26.9. The Morgan fingerprint density at radius 3 is 2.63 bits per heavy atom. The number of sulfonamides is 1. The maximum Gasteiger partial charge on any atom is 0.243 e. The quantitative estimate of drug-likeness (QED) is 0.336. The van der Waals surface area contributed by atoms with E-state index in [1.54, 1.807) is 22.5 Å². The van der Waals surface area contributed by atoms with Crippen molar-refractivity contribution >= 4 is 32.8 Å². The summed E-state index contributed by atoms with van der Waals surface area (Å²) >= 11 is 1.40. The van der Waals surface area contributed by atoms with Crippen molar-refractivity contribution in [3.05, 3.63) is 41.7 Å². The van der Waals surface area contributed by atoms with Gasteiger partial charge >= 0.3 is 0 Å². The van der Waals surface area contributed by atoms with Crippen LogP contribution in [0.2, 0.25) is 0 Å². The Labute approximate surface area is 227 Å². The highest BCUT2D eigenvalue weighted by molar-refractivity contribution is 7.98. The largest absolute Gasteiger partial charge is 0.493 e. The normalized spacial score (nSPS) is 20.7.